The summed E-state index contributed by atoms with van der Waals surface area (Å²) in [5.41, 5.74) is 1.88. The number of imide groups is 1. The van der Waals surface area contributed by atoms with Crippen LogP contribution in [0.15, 0.2) is 41.9 Å². The van der Waals surface area contributed by atoms with Crippen LogP contribution in [0.5, 0.6) is 0 Å². The number of carbonyl (C=O) groups excluding carboxylic acids is 2. The number of nitrogens with one attached hydrogen (secondary N) is 3. The summed E-state index contributed by atoms with van der Waals surface area (Å²) in [4.78, 5) is 41.8. The van der Waals surface area contributed by atoms with Crippen LogP contribution >= 0.6 is 11.3 Å². The molecule has 2 amide bonds. The van der Waals surface area contributed by atoms with E-state index in [9.17, 15) is 14.7 Å². The average molecular weight is 489 g/mol. The van der Waals surface area contributed by atoms with Crippen molar-refractivity contribution in [1.29, 1.82) is 0 Å². The Hall–Kier alpha value is -3.60. The maximum absolute atomic E-state index is 13.2. The summed E-state index contributed by atoms with van der Waals surface area (Å²) in [7, 11) is 1.85. The van der Waals surface area contributed by atoms with E-state index < -0.39 is 23.5 Å². The van der Waals surface area contributed by atoms with Crippen LogP contribution in [-0.2, 0) is 9.59 Å². The molecule has 35 heavy (non-hydrogen) atoms. The molecule has 2 aliphatic rings. The van der Waals surface area contributed by atoms with Crippen LogP contribution in [0, 0.1) is 0 Å². The first-order valence-electron chi connectivity index (χ1n) is 11.4. The number of amides is 2. The van der Waals surface area contributed by atoms with Crippen LogP contribution in [0.4, 0.5) is 5.95 Å². The number of para-hydroxylation sites is 1. The number of anilines is 1. The SMILES string of the molecule is CNC1(C)CCN(c2nc(C3=C(c4c[nH]c5sccc45)C(=O)NC3=O)c3ccccc3n2)CC1O. The highest BCUT2D eigenvalue weighted by Crippen LogP contribution is 2.38. The van der Waals surface area contributed by atoms with Gasteiger partial charge in [0.25, 0.3) is 11.8 Å². The Bertz CT molecular complexity index is 1540. The summed E-state index contributed by atoms with van der Waals surface area (Å²) in [6, 6.07) is 9.40. The number of nitrogens with zero attached hydrogens (tertiary/aromatic N) is 3. The molecular formula is C25H24N6O3S. The van der Waals surface area contributed by atoms with Gasteiger partial charge in [-0.2, -0.15) is 0 Å². The van der Waals surface area contributed by atoms with E-state index in [2.05, 4.69) is 15.6 Å². The third kappa shape index (κ3) is 3.36. The van der Waals surface area contributed by atoms with Gasteiger partial charge in [-0.05, 0) is 37.9 Å². The molecular weight excluding hydrogens is 464 g/mol. The molecule has 0 spiro atoms. The molecule has 2 atom stereocenters. The van der Waals surface area contributed by atoms with Crippen molar-refractivity contribution in [2.24, 2.45) is 0 Å². The minimum absolute atomic E-state index is 0.236. The number of benzene rings is 1. The molecule has 0 aliphatic carbocycles. The Labute approximate surface area is 204 Å². The van der Waals surface area contributed by atoms with Gasteiger partial charge in [0.15, 0.2) is 0 Å². The van der Waals surface area contributed by atoms with Crippen molar-refractivity contribution in [3.8, 4) is 0 Å². The normalized spacial score (nSPS) is 23.1. The number of H-pyrrole nitrogens is 1. The van der Waals surface area contributed by atoms with Gasteiger partial charge >= 0.3 is 0 Å². The second-order valence-electron chi connectivity index (χ2n) is 9.17. The summed E-state index contributed by atoms with van der Waals surface area (Å²) >= 11 is 1.54. The van der Waals surface area contributed by atoms with Crippen molar-refractivity contribution < 1.29 is 14.7 Å². The molecule has 4 N–H and O–H groups in total. The van der Waals surface area contributed by atoms with Gasteiger partial charge in [-0.25, -0.2) is 9.97 Å². The minimum Gasteiger partial charge on any atom is -0.389 e. The van der Waals surface area contributed by atoms with E-state index in [0.717, 1.165) is 10.2 Å². The molecule has 4 aromatic rings. The Morgan fingerprint density at radius 3 is 2.74 bits per heavy atom. The Morgan fingerprint density at radius 2 is 1.94 bits per heavy atom. The lowest BCUT2D eigenvalue weighted by Gasteiger charge is -2.43. The largest absolute Gasteiger partial charge is 0.389 e. The van der Waals surface area contributed by atoms with E-state index in [0.29, 0.717) is 53.2 Å². The highest BCUT2D eigenvalue weighted by molar-refractivity contribution is 7.16. The number of rotatable bonds is 4. The number of carbonyl (C=O) groups is 2. The van der Waals surface area contributed by atoms with Gasteiger partial charge in [0.2, 0.25) is 5.95 Å². The number of aromatic amines is 1. The topological polar surface area (TPSA) is 123 Å². The number of fused-ring (bicyclic) bond motifs is 2. The van der Waals surface area contributed by atoms with Crippen molar-refractivity contribution in [2.45, 2.75) is 25.0 Å². The number of hydrogen-bond acceptors (Lipinski definition) is 8. The molecule has 9 nitrogen and oxygen atoms in total. The summed E-state index contributed by atoms with van der Waals surface area (Å²) in [6.45, 7) is 2.98. The number of aliphatic hydroxyl groups is 1. The Balaban J connectivity index is 1.55. The van der Waals surface area contributed by atoms with Crippen molar-refractivity contribution in [3.63, 3.8) is 0 Å². The molecule has 1 fully saturated rings. The zero-order valence-electron chi connectivity index (χ0n) is 19.3. The number of aromatic nitrogens is 3. The molecule has 10 heteroatoms. The van der Waals surface area contributed by atoms with E-state index in [4.69, 9.17) is 9.97 Å². The molecule has 0 bridgehead atoms. The van der Waals surface area contributed by atoms with Crippen molar-refractivity contribution in [1.82, 2.24) is 25.6 Å². The second kappa shape index (κ2) is 7.98. The number of hydrogen-bond donors (Lipinski definition) is 4. The van der Waals surface area contributed by atoms with Crippen molar-refractivity contribution in [3.05, 3.63) is 53.2 Å². The van der Waals surface area contributed by atoms with Crippen molar-refractivity contribution >= 4 is 61.4 Å². The number of aliphatic hydroxyl groups excluding tert-OH is 1. The minimum atomic E-state index is -0.627. The quantitative estimate of drug-likeness (QED) is 0.325. The lowest BCUT2D eigenvalue weighted by Crippen LogP contribution is -2.60. The third-order valence-electron chi connectivity index (χ3n) is 7.22. The Morgan fingerprint density at radius 1 is 1.14 bits per heavy atom. The zero-order chi connectivity index (χ0) is 24.3. The summed E-state index contributed by atoms with van der Waals surface area (Å²) in [6.07, 6.45) is 1.83. The van der Waals surface area contributed by atoms with E-state index in [1.54, 1.807) is 6.20 Å². The molecule has 2 unspecified atom stereocenters. The van der Waals surface area contributed by atoms with Crippen LogP contribution < -0.4 is 15.5 Å². The maximum atomic E-state index is 13.2. The molecule has 1 saturated heterocycles. The third-order valence-corrected chi connectivity index (χ3v) is 8.06. The van der Waals surface area contributed by atoms with Crippen LogP contribution in [-0.4, -0.2) is 63.7 Å². The number of likely N-dealkylation sites (N-methyl/N-ethyl adjacent to an activating group) is 1. The van der Waals surface area contributed by atoms with Crippen LogP contribution in [0.1, 0.15) is 24.6 Å². The van der Waals surface area contributed by atoms with Gasteiger partial charge in [-0.15, -0.1) is 11.3 Å². The van der Waals surface area contributed by atoms with E-state index in [1.165, 1.54) is 11.3 Å². The molecule has 0 radical (unpaired) electrons. The summed E-state index contributed by atoms with van der Waals surface area (Å²) in [5.74, 6) is -0.505. The highest BCUT2D eigenvalue weighted by atomic mass is 32.1. The van der Waals surface area contributed by atoms with Gasteiger partial charge in [-0.3, -0.25) is 14.9 Å². The average Bonchev–Trinajstić information content (AvgIpc) is 3.55. The van der Waals surface area contributed by atoms with E-state index in [-0.39, 0.29) is 5.57 Å². The van der Waals surface area contributed by atoms with E-state index in [1.807, 2.05) is 54.6 Å². The van der Waals surface area contributed by atoms with Gasteiger partial charge in [0.1, 0.15) is 4.83 Å². The molecule has 3 aromatic heterocycles. The lowest BCUT2D eigenvalue weighted by atomic mass is 9.87. The van der Waals surface area contributed by atoms with Crippen LogP contribution in [0.2, 0.25) is 0 Å². The predicted molar refractivity (Wildman–Crippen MR) is 136 cm³/mol. The number of thiophene rings is 1. The fourth-order valence-corrected chi connectivity index (χ4v) is 5.67. The van der Waals surface area contributed by atoms with Gasteiger partial charge in [-0.1, -0.05) is 18.2 Å². The molecule has 1 aromatic carbocycles. The van der Waals surface area contributed by atoms with E-state index >= 15 is 0 Å². The molecule has 5 heterocycles. The smallest absolute Gasteiger partial charge is 0.261 e. The second-order valence-corrected chi connectivity index (χ2v) is 10.1. The highest BCUT2D eigenvalue weighted by Gasteiger charge is 2.39. The molecule has 0 saturated carbocycles. The number of piperidine rings is 1. The first-order valence-corrected chi connectivity index (χ1v) is 12.3. The summed E-state index contributed by atoms with van der Waals surface area (Å²) < 4.78 is 0. The lowest BCUT2D eigenvalue weighted by molar-refractivity contribution is -0.122. The molecule has 178 valence electrons. The fourth-order valence-electron chi connectivity index (χ4n) is 4.90. The van der Waals surface area contributed by atoms with Crippen LogP contribution in [0.25, 0.3) is 32.3 Å². The van der Waals surface area contributed by atoms with Gasteiger partial charge in [0, 0.05) is 41.2 Å². The monoisotopic (exact) mass is 488 g/mol. The fraction of sp³-hybridized carbons (Fsp3) is 0.280. The molecule has 2 aliphatic heterocycles. The standard InChI is InChI=1S/C25H24N6O3S/c1-25(26-2)8-9-31(12-17(25)32)24-28-16-6-4-3-5-14(16)20(29-24)19-18(21(33)30-22(19)34)15-11-27-23-13(15)7-10-35-23/h3-7,10-11,17,26-27,32H,8-9,12H2,1-2H3,(H,30,33,34). The van der Waals surface area contributed by atoms with Crippen LogP contribution in [0.3, 0.4) is 0 Å². The predicted octanol–water partition coefficient (Wildman–Crippen LogP) is 2.29. The summed E-state index contributed by atoms with van der Waals surface area (Å²) in [5, 5.41) is 20.0. The van der Waals surface area contributed by atoms with Crippen molar-refractivity contribution in [2.75, 3.05) is 25.0 Å². The van der Waals surface area contributed by atoms with Gasteiger partial charge in [0.05, 0.1) is 28.5 Å². The zero-order valence-corrected chi connectivity index (χ0v) is 20.1. The van der Waals surface area contributed by atoms with Gasteiger partial charge < -0.3 is 20.3 Å². The maximum Gasteiger partial charge on any atom is 0.261 e. The first kappa shape index (κ1) is 21.9. The first-order chi connectivity index (χ1) is 16.9. The Kier molecular flexibility index (Phi) is 4.99. The number of β-amino-alcohol motifs (C(OH)–C–C–N with tert-alkyl or cyclic N) is 1. The molecule has 6 rings (SSSR count).